The minimum absolute atomic E-state index is 0.102. The average Bonchev–Trinajstić information content (AvgIpc) is 2.04. The highest BCUT2D eigenvalue weighted by Crippen LogP contribution is 2.23. The zero-order chi connectivity index (χ0) is 9.84. The smallest absolute Gasteiger partial charge is 0.223 e. The van der Waals surface area contributed by atoms with Crippen molar-refractivity contribution < 1.29 is 4.74 Å². The van der Waals surface area contributed by atoms with Gasteiger partial charge in [0.15, 0.2) is 0 Å². The third-order valence-electron chi connectivity index (χ3n) is 1.59. The number of hydrogen-bond acceptors (Lipinski definition) is 3. The fraction of sp³-hybridized carbons (Fsp3) is 0.500. The molecule has 0 aromatic carbocycles. The van der Waals surface area contributed by atoms with Crippen LogP contribution in [0.1, 0.15) is 25.5 Å². The Morgan fingerprint density at radius 2 is 2.23 bits per heavy atom. The summed E-state index contributed by atoms with van der Waals surface area (Å²) < 4.78 is 5.34. The highest BCUT2D eigenvalue weighted by atomic mass is 35.5. The van der Waals surface area contributed by atoms with Gasteiger partial charge in [-0.05, 0) is 25.4 Å². The first-order valence-electron chi connectivity index (χ1n) is 3.94. The summed E-state index contributed by atoms with van der Waals surface area (Å²) in [6, 6.07) is 0. The first kappa shape index (κ1) is 10.7. The summed E-state index contributed by atoms with van der Waals surface area (Å²) in [5, 5.41) is 0.499. The van der Waals surface area contributed by atoms with Crippen molar-refractivity contribution in [1.29, 1.82) is 0 Å². The lowest BCUT2D eigenvalue weighted by atomic mass is 10.2. The van der Waals surface area contributed by atoms with E-state index in [1.165, 1.54) is 0 Å². The van der Waals surface area contributed by atoms with Gasteiger partial charge in [0.25, 0.3) is 0 Å². The predicted octanol–water partition coefficient (Wildman–Crippen LogP) is 2.88. The lowest BCUT2D eigenvalue weighted by Crippen LogP contribution is -2.02. The van der Waals surface area contributed by atoms with Gasteiger partial charge in [0, 0.05) is 18.4 Å². The first-order valence-corrected chi connectivity index (χ1v) is 4.70. The van der Waals surface area contributed by atoms with Crippen LogP contribution in [0.4, 0.5) is 0 Å². The van der Waals surface area contributed by atoms with Gasteiger partial charge in [-0.25, -0.2) is 9.97 Å². The Kier molecular flexibility index (Phi) is 3.90. The molecule has 72 valence electrons. The molecule has 1 aromatic rings. The van der Waals surface area contributed by atoms with Crippen LogP contribution in [0.2, 0.25) is 10.4 Å². The zero-order valence-corrected chi connectivity index (χ0v) is 8.93. The minimum atomic E-state index is -0.102. The van der Waals surface area contributed by atoms with Gasteiger partial charge in [-0.3, -0.25) is 0 Å². The monoisotopic (exact) mass is 220 g/mol. The number of aromatic nitrogens is 2. The third-order valence-corrected chi connectivity index (χ3v) is 2.08. The fourth-order valence-electron chi connectivity index (χ4n) is 0.963. The van der Waals surface area contributed by atoms with Crippen LogP contribution < -0.4 is 0 Å². The van der Waals surface area contributed by atoms with Crippen LogP contribution in [0, 0.1) is 0 Å². The van der Waals surface area contributed by atoms with Crippen molar-refractivity contribution in [2.45, 2.75) is 20.0 Å². The Balaban J connectivity index is 2.88. The summed E-state index contributed by atoms with van der Waals surface area (Å²) in [5.74, 6) is 0. The molecule has 1 atom stereocenters. The molecule has 0 aliphatic rings. The first-order chi connectivity index (χ1) is 6.15. The molecule has 0 bridgehead atoms. The SMILES string of the molecule is CCOC(C)c1cnc(Cl)nc1Cl. The molecule has 1 unspecified atom stereocenters. The Hall–Kier alpha value is -0.380. The molecular weight excluding hydrogens is 211 g/mol. The van der Waals surface area contributed by atoms with Crippen LogP contribution in [0.25, 0.3) is 0 Å². The molecule has 1 rings (SSSR count). The molecule has 0 fully saturated rings. The van der Waals surface area contributed by atoms with E-state index in [2.05, 4.69) is 9.97 Å². The second-order valence-corrected chi connectivity index (χ2v) is 3.18. The van der Waals surface area contributed by atoms with Crippen LogP contribution in [0.5, 0.6) is 0 Å². The van der Waals surface area contributed by atoms with Gasteiger partial charge in [0.2, 0.25) is 5.28 Å². The van der Waals surface area contributed by atoms with Crippen molar-refractivity contribution in [1.82, 2.24) is 9.97 Å². The standard InChI is InChI=1S/C8H10Cl2N2O/c1-3-13-5(2)6-4-11-8(10)12-7(6)9/h4-5H,3H2,1-2H3. The molecule has 13 heavy (non-hydrogen) atoms. The molecule has 0 aliphatic heterocycles. The van der Waals surface area contributed by atoms with Gasteiger partial charge in [0.1, 0.15) is 5.15 Å². The second-order valence-electron chi connectivity index (χ2n) is 2.48. The molecule has 3 nitrogen and oxygen atoms in total. The molecule has 0 saturated carbocycles. The number of rotatable bonds is 3. The lowest BCUT2D eigenvalue weighted by molar-refractivity contribution is 0.0760. The highest BCUT2D eigenvalue weighted by Gasteiger charge is 2.11. The van der Waals surface area contributed by atoms with Crippen LogP contribution >= 0.6 is 23.2 Å². The number of nitrogens with zero attached hydrogens (tertiary/aromatic N) is 2. The summed E-state index contributed by atoms with van der Waals surface area (Å²) >= 11 is 11.4. The van der Waals surface area contributed by atoms with Crippen molar-refractivity contribution >= 4 is 23.2 Å². The van der Waals surface area contributed by atoms with Gasteiger partial charge in [-0.2, -0.15) is 0 Å². The molecular formula is C8H10Cl2N2O. The Labute approximate surface area is 87.1 Å². The molecule has 1 aromatic heterocycles. The van der Waals surface area contributed by atoms with Crippen molar-refractivity contribution in [3.63, 3.8) is 0 Å². The molecule has 1 heterocycles. The average molecular weight is 221 g/mol. The van der Waals surface area contributed by atoms with Crippen molar-refractivity contribution in [3.05, 3.63) is 22.2 Å². The lowest BCUT2D eigenvalue weighted by Gasteiger charge is -2.11. The highest BCUT2D eigenvalue weighted by molar-refractivity contribution is 6.32. The van der Waals surface area contributed by atoms with E-state index in [9.17, 15) is 0 Å². The van der Waals surface area contributed by atoms with Gasteiger partial charge >= 0.3 is 0 Å². The van der Waals surface area contributed by atoms with Crippen LogP contribution in [0.3, 0.4) is 0 Å². The van der Waals surface area contributed by atoms with E-state index in [4.69, 9.17) is 27.9 Å². The minimum Gasteiger partial charge on any atom is -0.374 e. The molecule has 0 radical (unpaired) electrons. The van der Waals surface area contributed by atoms with E-state index in [0.717, 1.165) is 5.56 Å². The van der Waals surface area contributed by atoms with Gasteiger partial charge in [0.05, 0.1) is 6.10 Å². The summed E-state index contributed by atoms with van der Waals surface area (Å²) in [5.41, 5.74) is 0.757. The van der Waals surface area contributed by atoms with Crippen molar-refractivity contribution in [3.8, 4) is 0 Å². The number of hydrogen-bond donors (Lipinski definition) is 0. The Morgan fingerprint density at radius 3 is 2.77 bits per heavy atom. The topological polar surface area (TPSA) is 35.0 Å². The van der Waals surface area contributed by atoms with Crippen molar-refractivity contribution in [2.24, 2.45) is 0 Å². The molecule has 0 saturated heterocycles. The van der Waals surface area contributed by atoms with Crippen molar-refractivity contribution in [2.75, 3.05) is 6.61 Å². The summed E-state index contributed by atoms with van der Waals surface area (Å²) in [7, 11) is 0. The van der Waals surface area contributed by atoms with Gasteiger partial charge < -0.3 is 4.74 Å². The quantitative estimate of drug-likeness (QED) is 0.581. The Bertz CT molecular complexity index is 293. The van der Waals surface area contributed by atoms with E-state index in [1.54, 1.807) is 6.20 Å². The van der Waals surface area contributed by atoms with Crippen LogP contribution in [-0.4, -0.2) is 16.6 Å². The van der Waals surface area contributed by atoms with Gasteiger partial charge in [-0.1, -0.05) is 11.6 Å². The molecule has 0 N–H and O–H groups in total. The number of ether oxygens (including phenoxy) is 1. The van der Waals surface area contributed by atoms with E-state index in [-0.39, 0.29) is 11.4 Å². The number of halogens is 2. The second kappa shape index (κ2) is 4.74. The molecule has 5 heteroatoms. The predicted molar refractivity (Wildman–Crippen MR) is 52.1 cm³/mol. The molecule has 0 amide bonds. The molecule has 0 spiro atoms. The normalized spacial score (nSPS) is 12.9. The van der Waals surface area contributed by atoms with Crippen LogP contribution in [0.15, 0.2) is 6.20 Å². The fourth-order valence-corrected chi connectivity index (χ4v) is 1.42. The summed E-state index contributed by atoms with van der Waals surface area (Å²) in [4.78, 5) is 7.65. The van der Waals surface area contributed by atoms with E-state index in [1.807, 2.05) is 13.8 Å². The molecule has 0 aliphatic carbocycles. The maximum absolute atomic E-state index is 5.84. The van der Waals surface area contributed by atoms with Gasteiger partial charge in [-0.15, -0.1) is 0 Å². The van der Waals surface area contributed by atoms with Crippen LogP contribution in [-0.2, 0) is 4.74 Å². The van der Waals surface area contributed by atoms with E-state index >= 15 is 0 Å². The third kappa shape index (κ3) is 2.79. The zero-order valence-electron chi connectivity index (χ0n) is 7.42. The maximum Gasteiger partial charge on any atom is 0.223 e. The summed E-state index contributed by atoms with van der Waals surface area (Å²) in [6.45, 7) is 4.43. The Morgan fingerprint density at radius 1 is 1.54 bits per heavy atom. The maximum atomic E-state index is 5.84. The van der Waals surface area contributed by atoms with E-state index < -0.39 is 0 Å². The summed E-state index contributed by atoms with van der Waals surface area (Å²) in [6.07, 6.45) is 1.48. The van der Waals surface area contributed by atoms with E-state index in [0.29, 0.717) is 11.8 Å². The largest absolute Gasteiger partial charge is 0.374 e.